The number of aromatic nitrogens is 1. The maximum atomic E-state index is 12.2. The Bertz CT molecular complexity index is 654. The van der Waals surface area contributed by atoms with Crippen LogP contribution in [-0.2, 0) is 4.74 Å². The van der Waals surface area contributed by atoms with E-state index in [9.17, 15) is 4.79 Å². The predicted octanol–water partition coefficient (Wildman–Crippen LogP) is 3.19. The van der Waals surface area contributed by atoms with Gasteiger partial charge in [0, 0.05) is 18.5 Å². The number of nitrogens with one attached hydrogen (secondary N) is 1. The number of halogens is 1. The maximum absolute atomic E-state index is 12.2. The minimum Gasteiger partial charge on any atom is -0.376 e. The second-order valence-electron chi connectivity index (χ2n) is 5.21. The first-order valence-electron chi connectivity index (χ1n) is 7.19. The van der Waals surface area contributed by atoms with Gasteiger partial charge in [0.1, 0.15) is 5.69 Å². The number of fused-ring (bicyclic) bond motifs is 1. The molecule has 1 saturated heterocycles. The van der Waals surface area contributed by atoms with Crippen LogP contribution in [0, 0.1) is 0 Å². The van der Waals surface area contributed by atoms with Gasteiger partial charge in [-0.15, -0.1) is 0 Å². The van der Waals surface area contributed by atoms with Crippen molar-refractivity contribution >= 4 is 28.4 Å². The molecule has 5 heteroatoms. The number of rotatable bonds is 3. The van der Waals surface area contributed by atoms with Gasteiger partial charge in [0.15, 0.2) is 0 Å². The third kappa shape index (κ3) is 3.34. The van der Waals surface area contributed by atoms with Crippen molar-refractivity contribution in [2.75, 3.05) is 13.2 Å². The Hall–Kier alpha value is -1.65. The number of benzene rings is 1. The molecule has 1 aliphatic rings. The molecule has 110 valence electrons. The molecule has 2 heterocycles. The van der Waals surface area contributed by atoms with Gasteiger partial charge in [0.2, 0.25) is 0 Å². The lowest BCUT2D eigenvalue weighted by molar-refractivity contribution is 0.0168. The van der Waals surface area contributed by atoms with E-state index in [4.69, 9.17) is 16.3 Å². The van der Waals surface area contributed by atoms with E-state index in [2.05, 4.69) is 10.3 Å². The first-order valence-corrected chi connectivity index (χ1v) is 7.57. The van der Waals surface area contributed by atoms with E-state index in [-0.39, 0.29) is 12.0 Å². The number of para-hydroxylation sites is 1. The Balaban J connectivity index is 1.72. The smallest absolute Gasteiger partial charge is 0.270 e. The highest BCUT2D eigenvalue weighted by Crippen LogP contribution is 2.22. The van der Waals surface area contributed by atoms with E-state index < -0.39 is 0 Å². The summed E-state index contributed by atoms with van der Waals surface area (Å²) in [6, 6.07) is 9.13. The quantitative estimate of drug-likeness (QED) is 0.947. The number of ether oxygens (including phenoxy) is 1. The van der Waals surface area contributed by atoms with Crippen molar-refractivity contribution in [3.8, 4) is 0 Å². The number of hydrogen-bond acceptors (Lipinski definition) is 3. The van der Waals surface area contributed by atoms with Crippen molar-refractivity contribution < 1.29 is 9.53 Å². The van der Waals surface area contributed by atoms with Gasteiger partial charge in [-0.05, 0) is 31.4 Å². The molecule has 1 aromatic carbocycles. The summed E-state index contributed by atoms with van der Waals surface area (Å²) < 4.78 is 5.60. The molecule has 21 heavy (non-hydrogen) atoms. The van der Waals surface area contributed by atoms with Crippen LogP contribution in [0.2, 0.25) is 5.02 Å². The molecule has 1 aromatic heterocycles. The summed E-state index contributed by atoms with van der Waals surface area (Å²) in [7, 11) is 0. The SMILES string of the molecule is O=C(NCC1CCCCO1)c1cc(Cl)c2ccccc2n1. The topological polar surface area (TPSA) is 51.2 Å². The summed E-state index contributed by atoms with van der Waals surface area (Å²) in [6.45, 7) is 1.30. The van der Waals surface area contributed by atoms with Crippen LogP contribution in [-0.4, -0.2) is 30.1 Å². The molecule has 1 fully saturated rings. The molecule has 2 aromatic rings. The van der Waals surface area contributed by atoms with E-state index in [1.54, 1.807) is 6.07 Å². The van der Waals surface area contributed by atoms with Crippen LogP contribution in [0.25, 0.3) is 10.9 Å². The summed E-state index contributed by atoms with van der Waals surface area (Å²) in [4.78, 5) is 16.6. The zero-order valence-electron chi connectivity index (χ0n) is 11.6. The third-order valence-electron chi connectivity index (χ3n) is 3.66. The first-order chi connectivity index (χ1) is 10.2. The molecule has 0 spiro atoms. The highest BCUT2D eigenvalue weighted by Gasteiger charge is 2.16. The molecule has 1 aliphatic heterocycles. The fraction of sp³-hybridized carbons (Fsp3) is 0.375. The molecule has 0 radical (unpaired) electrons. The lowest BCUT2D eigenvalue weighted by Crippen LogP contribution is -2.35. The van der Waals surface area contributed by atoms with Crippen molar-refractivity contribution in [3.05, 3.63) is 41.0 Å². The van der Waals surface area contributed by atoms with Crippen LogP contribution in [0.15, 0.2) is 30.3 Å². The fourth-order valence-corrected chi connectivity index (χ4v) is 2.78. The third-order valence-corrected chi connectivity index (χ3v) is 3.98. The molecule has 3 rings (SSSR count). The zero-order valence-corrected chi connectivity index (χ0v) is 12.4. The van der Waals surface area contributed by atoms with E-state index in [1.807, 2.05) is 24.3 Å². The van der Waals surface area contributed by atoms with Gasteiger partial charge >= 0.3 is 0 Å². The molecule has 0 aliphatic carbocycles. The van der Waals surface area contributed by atoms with Gasteiger partial charge in [-0.25, -0.2) is 4.98 Å². The molecular weight excluding hydrogens is 288 g/mol. The highest BCUT2D eigenvalue weighted by atomic mass is 35.5. The average molecular weight is 305 g/mol. The van der Waals surface area contributed by atoms with Crippen LogP contribution in [0.5, 0.6) is 0 Å². The molecule has 1 atom stereocenters. The summed E-state index contributed by atoms with van der Waals surface area (Å²) in [5.74, 6) is -0.211. The molecule has 1 N–H and O–H groups in total. The summed E-state index contributed by atoms with van der Waals surface area (Å²) in [5, 5.41) is 4.27. The van der Waals surface area contributed by atoms with Gasteiger partial charge in [0.25, 0.3) is 5.91 Å². The van der Waals surface area contributed by atoms with Crippen LogP contribution < -0.4 is 5.32 Å². The van der Waals surface area contributed by atoms with Gasteiger partial charge in [-0.1, -0.05) is 29.8 Å². The molecule has 0 bridgehead atoms. The van der Waals surface area contributed by atoms with E-state index >= 15 is 0 Å². The summed E-state index contributed by atoms with van der Waals surface area (Å²) in [6.07, 6.45) is 3.36. The average Bonchev–Trinajstić information content (AvgIpc) is 2.53. The zero-order chi connectivity index (χ0) is 14.7. The van der Waals surface area contributed by atoms with E-state index in [1.165, 1.54) is 0 Å². The summed E-state index contributed by atoms with van der Waals surface area (Å²) in [5.41, 5.74) is 1.07. The van der Waals surface area contributed by atoms with E-state index in [0.29, 0.717) is 17.3 Å². The van der Waals surface area contributed by atoms with Gasteiger partial charge in [-0.3, -0.25) is 4.79 Å². The van der Waals surface area contributed by atoms with Gasteiger partial charge in [-0.2, -0.15) is 0 Å². The largest absolute Gasteiger partial charge is 0.376 e. The lowest BCUT2D eigenvalue weighted by atomic mass is 10.1. The fourth-order valence-electron chi connectivity index (χ4n) is 2.51. The van der Waals surface area contributed by atoms with Crippen LogP contribution in [0.1, 0.15) is 29.8 Å². The highest BCUT2D eigenvalue weighted by molar-refractivity contribution is 6.35. The molecule has 1 amide bonds. The number of pyridine rings is 1. The molecule has 0 saturated carbocycles. The molecular formula is C16H17ClN2O2. The monoisotopic (exact) mass is 304 g/mol. The number of carbonyl (C=O) groups excluding carboxylic acids is 1. The Morgan fingerprint density at radius 2 is 2.24 bits per heavy atom. The Morgan fingerprint density at radius 1 is 1.38 bits per heavy atom. The minimum atomic E-state index is -0.211. The van der Waals surface area contributed by atoms with E-state index in [0.717, 1.165) is 36.8 Å². The lowest BCUT2D eigenvalue weighted by Gasteiger charge is -2.22. The first kappa shape index (κ1) is 14.3. The number of amides is 1. The Labute approximate surface area is 128 Å². The summed E-state index contributed by atoms with van der Waals surface area (Å²) >= 11 is 6.21. The predicted molar refractivity (Wildman–Crippen MR) is 82.7 cm³/mol. The Kier molecular flexibility index (Phi) is 4.36. The molecule has 1 unspecified atom stereocenters. The normalized spacial score (nSPS) is 18.6. The number of carbonyl (C=O) groups is 1. The maximum Gasteiger partial charge on any atom is 0.270 e. The van der Waals surface area contributed by atoms with Crippen molar-refractivity contribution in [1.82, 2.24) is 10.3 Å². The standard InChI is InChI=1S/C16H17ClN2O2/c17-13-9-15(19-14-7-2-1-6-12(13)14)16(20)18-10-11-5-3-4-8-21-11/h1-2,6-7,9,11H,3-5,8,10H2,(H,18,20). The Morgan fingerprint density at radius 3 is 3.05 bits per heavy atom. The molecule has 4 nitrogen and oxygen atoms in total. The van der Waals surface area contributed by atoms with Crippen LogP contribution in [0.4, 0.5) is 0 Å². The van der Waals surface area contributed by atoms with Crippen molar-refractivity contribution in [2.24, 2.45) is 0 Å². The van der Waals surface area contributed by atoms with Crippen LogP contribution >= 0.6 is 11.6 Å². The second-order valence-corrected chi connectivity index (χ2v) is 5.61. The van der Waals surface area contributed by atoms with Crippen molar-refractivity contribution in [2.45, 2.75) is 25.4 Å². The van der Waals surface area contributed by atoms with Crippen molar-refractivity contribution in [1.29, 1.82) is 0 Å². The van der Waals surface area contributed by atoms with Gasteiger partial charge < -0.3 is 10.1 Å². The number of hydrogen-bond donors (Lipinski definition) is 1. The van der Waals surface area contributed by atoms with Crippen molar-refractivity contribution in [3.63, 3.8) is 0 Å². The minimum absolute atomic E-state index is 0.110. The number of nitrogens with zero attached hydrogens (tertiary/aromatic N) is 1. The van der Waals surface area contributed by atoms with Gasteiger partial charge in [0.05, 0.1) is 16.6 Å². The van der Waals surface area contributed by atoms with Crippen LogP contribution in [0.3, 0.4) is 0 Å². The second kappa shape index (κ2) is 6.41.